The van der Waals surface area contributed by atoms with Crippen molar-refractivity contribution in [2.24, 2.45) is 0 Å². The van der Waals surface area contributed by atoms with Crippen molar-refractivity contribution in [1.29, 1.82) is 0 Å². The van der Waals surface area contributed by atoms with Gasteiger partial charge in [0.15, 0.2) is 0 Å². The fraction of sp³-hybridized carbons (Fsp3) is 0.0714. The Balaban J connectivity index is 2.23. The van der Waals surface area contributed by atoms with E-state index < -0.39 is 5.97 Å². The molecule has 3 rings (SSSR count). The largest absolute Gasteiger partial charge is 0.507 e. The number of hydrogen-bond donors (Lipinski definition) is 2. The van der Waals surface area contributed by atoms with E-state index in [1.54, 1.807) is 24.3 Å². The number of carboxylic acids is 1. The quantitative estimate of drug-likeness (QED) is 0.756. The Labute approximate surface area is 113 Å². The molecule has 0 bridgehead atoms. The molecule has 6 heteroatoms. The van der Waals surface area contributed by atoms with Gasteiger partial charge in [-0.2, -0.15) is 0 Å². The summed E-state index contributed by atoms with van der Waals surface area (Å²) in [6, 6.07) is 10.6. The van der Waals surface area contributed by atoms with Crippen LogP contribution in [0.2, 0.25) is 0 Å². The number of aromatic hydroxyl groups is 1. The zero-order valence-corrected chi connectivity index (χ0v) is 10.4. The number of hydrogen-bond acceptors (Lipinski definition) is 4. The molecule has 6 nitrogen and oxygen atoms in total. The number of aliphatic carboxylic acids is 1. The Bertz CT molecular complexity index is 795. The van der Waals surface area contributed by atoms with Crippen molar-refractivity contribution >= 4 is 16.7 Å². The van der Waals surface area contributed by atoms with Gasteiger partial charge in [-0.3, -0.25) is 4.79 Å². The Morgan fingerprint density at radius 2 is 1.90 bits per heavy atom. The zero-order chi connectivity index (χ0) is 14.1. The standard InChI is InChI=1S/C14H11N3O3/c18-13-6-2-3-10-11(13)4-1-5-12(10)17-9(7-14(19)20)8-15-16-17/h1-6,8,18H,7H2,(H,19,20). The average Bonchev–Trinajstić information content (AvgIpc) is 2.86. The second-order valence-corrected chi connectivity index (χ2v) is 4.36. The van der Waals surface area contributed by atoms with Crippen LogP contribution in [0.25, 0.3) is 16.5 Å². The number of phenols is 1. The van der Waals surface area contributed by atoms with Crippen molar-refractivity contribution in [3.8, 4) is 11.4 Å². The molecule has 3 aromatic rings. The van der Waals surface area contributed by atoms with Crippen LogP contribution in [0.1, 0.15) is 5.69 Å². The molecule has 100 valence electrons. The summed E-state index contributed by atoms with van der Waals surface area (Å²) in [5, 5.41) is 27.9. The number of aromatic nitrogens is 3. The van der Waals surface area contributed by atoms with Gasteiger partial charge in [0.1, 0.15) is 5.75 Å². The van der Waals surface area contributed by atoms with E-state index in [4.69, 9.17) is 5.11 Å². The molecular weight excluding hydrogens is 258 g/mol. The maximum atomic E-state index is 10.9. The van der Waals surface area contributed by atoms with E-state index in [0.29, 0.717) is 16.8 Å². The fourth-order valence-corrected chi connectivity index (χ4v) is 2.20. The highest BCUT2D eigenvalue weighted by atomic mass is 16.4. The van der Waals surface area contributed by atoms with Crippen LogP contribution in [-0.4, -0.2) is 31.2 Å². The summed E-state index contributed by atoms with van der Waals surface area (Å²) in [6.45, 7) is 0. The lowest BCUT2D eigenvalue weighted by atomic mass is 10.1. The van der Waals surface area contributed by atoms with Crippen molar-refractivity contribution in [2.75, 3.05) is 0 Å². The van der Waals surface area contributed by atoms with Crippen LogP contribution < -0.4 is 0 Å². The molecule has 1 heterocycles. The Morgan fingerprint density at radius 3 is 2.70 bits per heavy atom. The summed E-state index contributed by atoms with van der Waals surface area (Å²) in [4.78, 5) is 10.9. The summed E-state index contributed by atoms with van der Waals surface area (Å²) in [5.74, 6) is -0.777. The summed E-state index contributed by atoms with van der Waals surface area (Å²) in [7, 11) is 0. The van der Waals surface area contributed by atoms with Crippen molar-refractivity contribution in [2.45, 2.75) is 6.42 Å². The molecular formula is C14H11N3O3. The van der Waals surface area contributed by atoms with E-state index in [9.17, 15) is 9.90 Å². The number of carboxylic acid groups (broad SMARTS) is 1. The summed E-state index contributed by atoms with van der Waals surface area (Å²) < 4.78 is 1.48. The monoisotopic (exact) mass is 269 g/mol. The van der Waals surface area contributed by atoms with Crippen LogP contribution in [0.15, 0.2) is 42.6 Å². The van der Waals surface area contributed by atoms with Crippen LogP contribution >= 0.6 is 0 Å². The number of rotatable bonds is 3. The Kier molecular flexibility index (Phi) is 2.83. The molecule has 0 aliphatic heterocycles. The molecule has 0 saturated carbocycles. The minimum absolute atomic E-state index is 0.164. The van der Waals surface area contributed by atoms with E-state index in [0.717, 1.165) is 5.39 Å². The lowest BCUT2D eigenvalue weighted by molar-refractivity contribution is -0.136. The first-order valence-electron chi connectivity index (χ1n) is 5.99. The second-order valence-electron chi connectivity index (χ2n) is 4.36. The topological polar surface area (TPSA) is 88.2 Å². The Morgan fingerprint density at radius 1 is 1.15 bits per heavy atom. The van der Waals surface area contributed by atoms with Gasteiger partial charge in [-0.25, -0.2) is 4.68 Å². The highest BCUT2D eigenvalue weighted by Crippen LogP contribution is 2.29. The maximum absolute atomic E-state index is 10.9. The lowest BCUT2D eigenvalue weighted by Gasteiger charge is -2.09. The molecule has 0 fully saturated rings. The molecule has 0 aliphatic rings. The average molecular weight is 269 g/mol. The summed E-state index contributed by atoms with van der Waals surface area (Å²) in [6.07, 6.45) is 1.26. The van der Waals surface area contributed by atoms with Crippen LogP contribution in [0, 0.1) is 0 Å². The molecule has 0 atom stereocenters. The van der Waals surface area contributed by atoms with Crippen LogP contribution in [-0.2, 0) is 11.2 Å². The van der Waals surface area contributed by atoms with Crippen LogP contribution in [0.3, 0.4) is 0 Å². The minimum Gasteiger partial charge on any atom is -0.507 e. The van der Waals surface area contributed by atoms with Crippen molar-refractivity contribution in [1.82, 2.24) is 15.0 Å². The number of nitrogens with zero attached hydrogens (tertiary/aromatic N) is 3. The van der Waals surface area contributed by atoms with Crippen molar-refractivity contribution in [3.05, 3.63) is 48.3 Å². The predicted octanol–water partition coefficient (Wildman–Crippen LogP) is 1.75. The number of benzene rings is 2. The van der Waals surface area contributed by atoms with Gasteiger partial charge in [0.05, 0.1) is 24.0 Å². The molecule has 1 aromatic heterocycles. The van der Waals surface area contributed by atoms with E-state index in [1.807, 2.05) is 12.1 Å². The van der Waals surface area contributed by atoms with Gasteiger partial charge in [-0.05, 0) is 12.1 Å². The predicted molar refractivity (Wildman–Crippen MR) is 71.9 cm³/mol. The van der Waals surface area contributed by atoms with E-state index in [1.165, 1.54) is 10.9 Å². The summed E-state index contributed by atoms with van der Waals surface area (Å²) in [5.41, 5.74) is 1.17. The van der Waals surface area contributed by atoms with Gasteiger partial charge < -0.3 is 10.2 Å². The Hall–Kier alpha value is -2.89. The third-order valence-electron chi connectivity index (χ3n) is 3.06. The van der Waals surface area contributed by atoms with Crippen molar-refractivity contribution in [3.63, 3.8) is 0 Å². The molecule has 0 saturated heterocycles. The molecule has 0 spiro atoms. The van der Waals surface area contributed by atoms with Crippen LogP contribution in [0.5, 0.6) is 5.75 Å². The fourth-order valence-electron chi connectivity index (χ4n) is 2.20. The molecule has 0 aliphatic carbocycles. The van der Waals surface area contributed by atoms with Gasteiger partial charge in [0.2, 0.25) is 0 Å². The highest BCUT2D eigenvalue weighted by molar-refractivity contribution is 5.94. The number of fused-ring (bicyclic) bond motifs is 1. The first-order chi connectivity index (χ1) is 9.66. The van der Waals surface area contributed by atoms with Crippen molar-refractivity contribution < 1.29 is 15.0 Å². The lowest BCUT2D eigenvalue weighted by Crippen LogP contribution is -2.08. The SMILES string of the molecule is O=C(O)Cc1cnnn1-c1cccc2c(O)cccc12. The molecule has 0 amide bonds. The van der Waals surface area contributed by atoms with Gasteiger partial charge in [0.25, 0.3) is 0 Å². The van der Waals surface area contributed by atoms with Gasteiger partial charge in [0, 0.05) is 10.8 Å². The van der Waals surface area contributed by atoms with Crippen LogP contribution in [0.4, 0.5) is 0 Å². The molecule has 0 radical (unpaired) electrons. The normalized spacial score (nSPS) is 10.8. The van der Waals surface area contributed by atoms with E-state index in [-0.39, 0.29) is 12.2 Å². The number of phenolic OH excluding ortho intramolecular Hbond substituents is 1. The smallest absolute Gasteiger partial charge is 0.309 e. The number of carbonyl (C=O) groups is 1. The first kappa shape index (κ1) is 12.2. The summed E-state index contributed by atoms with van der Waals surface area (Å²) >= 11 is 0. The molecule has 20 heavy (non-hydrogen) atoms. The zero-order valence-electron chi connectivity index (χ0n) is 10.4. The van der Waals surface area contributed by atoms with Gasteiger partial charge >= 0.3 is 5.97 Å². The molecule has 2 N–H and O–H groups in total. The third-order valence-corrected chi connectivity index (χ3v) is 3.06. The first-order valence-corrected chi connectivity index (χ1v) is 5.99. The van der Waals surface area contributed by atoms with Gasteiger partial charge in [-0.15, -0.1) is 5.10 Å². The van der Waals surface area contributed by atoms with E-state index >= 15 is 0 Å². The van der Waals surface area contributed by atoms with E-state index in [2.05, 4.69) is 10.3 Å². The minimum atomic E-state index is -0.948. The second kappa shape index (κ2) is 4.65. The molecule has 0 unspecified atom stereocenters. The highest BCUT2D eigenvalue weighted by Gasteiger charge is 2.13. The maximum Gasteiger partial charge on any atom is 0.309 e. The van der Waals surface area contributed by atoms with Gasteiger partial charge in [-0.1, -0.05) is 29.5 Å². The molecule has 2 aromatic carbocycles. The third kappa shape index (κ3) is 1.97.